The number of ether oxygens (including phenoxy) is 1. The summed E-state index contributed by atoms with van der Waals surface area (Å²) < 4.78 is 7.22. The molecule has 1 aromatic heterocycles. The van der Waals surface area contributed by atoms with E-state index < -0.39 is 0 Å². The molecule has 0 radical (unpaired) electrons. The molecule has 2 rings (SSSR count). The van der Waals surface area contributed by atoms with Gasteiger partial charge in [0.15, 0.2) is 0 Å². The molecule has 0 saturated carbocycles. The predicted octanol–water partition coefficient (Wildman–Crippen LogP) is 2.85. The molecule has 17 heavy (non-hydrogen) atoms. The van der Waals surface area contributed by atoms with Crippen LogP contribution in [0.3, 0.4) is 0 Å². The molecular formula is C11H11Cl2N3O. The van der Waals surface area contributed by atoms with E-state index in [0.29, 0.717) is 34.8 Å². The second-order valence-electron chi connectivity index (χ2n) is 3.46. The van der Waals surface area contributed by atoms with Crippen molar-refractivity contribution in [2.24, 2.45) is 0 Å². The number of nitrogen functional groups attached to an aromatic ring is 1. The highest BCUT2D eigenvalue weighted by Gasteiger charge is 2.00. The lowest BCUT2D eigenvalue weighted by Gasteiger charge is -2.07. The Labute approximate surface area is 109 Å². The highest BCUT2D eigenvalue weighted by Crippen LogP contribution is 2.24. The highest BCUT2D eigenvalue weighted by molar-refractivity contribution is 6.34. The molecule has 1 aromatic carbocycles. The Bertz CT molecular complexity index is 493. The first-order chi connectivity index (χ1) is 8.13. The second-order valence-corrected chi connectivity index (χ2v) is 4.33. The number of nitrogens with zero attached hydrogens (tertiary/aromatic N) is 2. The second kappa shape index (κ2) is 5.29. The van der Waals surface area contributed by atoms with Crippen LogP contribution in [0, 0.1) is 0 Å². The molecule has 0 amide bonds. The SMILES string of the molecule is Nc1ccn(CCOc2cc(Cl)cc(Cl)c2)n1. The molecule has 0 fully saturated rings. The Morgan fingerprint density at radius 2 is 1.94 bits per heavy atom. The van der Waals surface area contributed by atoms with Gasteiger partial charge in [0.1, 0.15) is 18.2 Å². The zero-order chi connectivity index (χ0) is 12.3. The number of anilines is 1. The van der Waals surface area contributed by atoms with E-state index in [9.17, 15) is 0 Å². The summed E-state index contributed by atoms with van der Waals surface area (Å²) in [6, 6.07) is 6.82. The summed E-state index contributed by atoms with van der Waals surface area (Å²) in [7, 11) is 0. The van der Waals surface area contributed by atoms with Crippen LogP contribution >= 0.6 is 23.2 Å². The van der Waals surface area contributed by atoms with E-state index in [-0.39, 0.29) is 0 Å². The van der Waals surface area contributed by atoms with Crippen LogP contribution in [0.2, 0.25) is 10.0 Å². The van der Waals surface area contributed by atoms with Crippen molar-refractivity contribution in [1.82, 2.24) is 9.78 Å². The molecule has 1 heterocycles. The van der Waals surface area contributed by atoms with Crippen LogP contribution in [0.25, 0.3) is 0 Å². The normalized spacial score (nSPS) is 10.5. The van der Waals surface area contributed by atoms with Crippen molar-refractivity contribution in [1.29, 1.82) is 0 Å². The van der Waals surface area contributed by atoms with E-state index in [4.69, 9.17) is 33.7 Å². The van der Waals surface area contributed by atoms with Gasteiger partial charge in [0.05, 0.1) is 6.54 Å². The summed E-state index contributed by atoms with van der Waals surface area (Å²) >= 11 is 11.7. The fourth-order valence-corrected chi connectivity index (χ4v) is 1.88. The van der Waals surface area contributed by atoms with E-state index in [1.807, 2.05) is 0 Å². The lowest BCUT2D eigenvalue weighted by atomic mass is 10.3. The van der Waals surface area contributed by atoms with Gasteiger partial charge in [0.2, 0.25) is 0 Å². The zero-order valence-corrected chi connectivity index (χ0v) is 10.4. The van der Waals surface area contributed by atoms with Gasteiger partial charge in [-0.25, -0.2) is 0 Å². The summed E-state index contributed by atoms with van der Waals surface area (Å²) in [4.78, 5) is 0. The van der Waals surface area contributed by atoms with Gasteiger partial charge < -0.3 is 10.5 Å². The molecule has 4 nitrogen and oxygen atoms in total. The summed E-state index contributed by atoms with van der Waals surface area (Å²) in [5.41, 5.74) is 5.49. The van der Waals surface area contributed by atoms with Gasteiger partial charge in [-0.1, -0.05) is 23.2 Å². The van der Waals surface area contributed by atoms with Crippen LogP contribution < -0.4 is 10.5 Å². The number of hydrogen-bond acceptors (Lipinski definition) is 3. The minimum absolute atomic E-state index is 0.470. The van der Waals surface area contributed by atoms with Gasteiger partial charge in [-0.15, -0.1) is 0 Å². The smallest absolute Gasteiger partial charge is 0.145 e. The van der Waals surface area contributed by atoms with Gasteiger partial charge in [0.25, 0.3) is 0 Å². The third-order valence-corrected chi connectivity index (χ3v) is 2.52. The minimum Gasteiger partial charge on any atom is -0.492 e. The Balaban J connectivity index is 1.89. The first-order valence-corrected chi connectivity index (χ1v) is 5.77. The monoisotopic (exact) mass is 271 g/mol. The molecule has 0 saturated heterocycles. The molecule has 0 atom stereocenters. The Morgan fingerprint density at radius 3 is 2.53 bits per heavy atom. The first kappa shape index (κ1) is 12.1. The summed E-state index contributed by atoms with van der Waals surface area (Å²) in [6.45, 7) is 1.08. The molecule has 90 valence electrons. The molecule has 0 aliphatic rings. The van der Waals surface area contributed by atoms with Crippen LogP contribution in [0.1, 0.15) is 0 Å². The average molecular weight is 272 g/mol. The van der Waals surface area contributed by atoms with Crippen molar-refractivity contribution in [3.05, 3.63) is 40.5 Å². The van der Waals surface area contributed by atoms with Crippen LogP contribution in [0.5, 0.6) is 5.75 Å². The number of rotatable bonds is 4. The maximum absolute atomic E-state index is 5.85. The number of benzene rings is 1. The van der Waals surface area contributed by atoms with Crippen molar-refractivity contribution in [2.45, 2.75) is 6.54 Å². The highest BCUT2D eigenvalue weighted by atomic mass is 35.5. The molecule has 2 N–H and O–H groups in total. The van der Waals surface area contributed by atoms with Gasteiger partial charge in [-0.3, -0.25) is 4.68 Å². The molecule has 0 spiro atoms. The molecule has 0 bridgehead atoms. The van der Waals surface area contributed by atoms with Crippen molar-refractivity contribution >= 4 is 29.0 Å². The Morgan fingerprint density at radius 1 is 1.24 bits per heavy atom. The number of aromatic nitrogens is 2. The topological polar surface area (TPSA) is 53.1 Å². The maximum atomic E-state index is 5.85. The molecule has 0 aliphatic heterocycles. The standard InChI is InChI=1S/C11H11Cl2N3O/c12-8-5-9(13)7-10(6-8)17-4-3-16-2-1-11(14)15-16/h1-2,5-7H,3-4H2,(H2,14,15). The molecule has 6 heteroatoms. The Hall–Kier alpha value is -1.39. The third-order valence-electron chi connectivity index (χ3n) is 2.09. The lowest BCUT2D eigenvalue weighted by molar-refractivity contribution is 0.291. The van der Waals surface area contributed by atoms with E-state index in [0.717, 1.165) is 0 Å². The largest absolute Gasteiger partial charge is 0.492 e. The summed E-state index contributed by atoms with van der Waals surface area (Å²) in [5.74, 6) is 1.14. The first-order valence-electron chi connectivity index (χ1n) is 5.01. The van der Waals surface area contributed by atoms with E-state index in [1.54, 1.807) is 35.1 Å². The summed E-state index contributed by atoms with van der Waals surface area (Å²) in [6.07, 6.45) is 1.80. The zero-order valence-electron chi connectivity index (χ0n) is 8.94. The van der Waals surface area contributed by atoms with Gasteiger partial charge >= 0.3 is 0 Å². The third kappa shape index (κ3) is 3.54. The van der Waals surface area contributed by atoms with Crippen LogP contribution in [-0.4, -0.2) is 16.4 Å². The van der Waals surface area contributed by atoms with E-state index in [2.05, 4.69) is 5.10 Å². The number of nitrogens with two attached hydrogens (primary N) is 1. The van der Waals surface area contributed by atoms with Crippen molar-refractivity contribution < 1.29 is 4.74 Å². The van der Waals surface area contributed by atoms with Crippen molar-refractivity contribution in [2.75, 3.05) is 12.3 Å². The quantitative estimate of drug-likeness (QED) is 0.931. The van der Waals surface area contributed by atoms with Crippen LogP contribution in [-0.2, 0) is 6.54 Å². The molecule has 2 aromatic rings. The van der Waals surface area contributed by atoms with E-state index >= 15 is 0 Å². The fraction of sp³-hybridized carbons (Fsp3) is 0.182. The summed E-state index contributed by atoms with van der Waals surface area (Å²) in [5, 5.41) is 5.14. The van der Waals surface area contributed by atoms with Gasteiger partial charge in [-0.2, -0.15) is 5.10 Å². The van der Waals surface area contributed by atoms with E-state index in [1.165, 1.54) is 0 Å². The van der Waals surface area contributed by atoms with Gasteiger partial charge in [0, 0.05) is 16.2 Å². The molecular weight excluding hydrogens is 261 g/mol. The molecule has 0 aliphatic carbocycles. The van der Waals surface area contributed by atoms with Gasteiger partial charge in [-0.05, 0) is 24.3 Å². The number of hydrogen-bond donors (Lipinski definition) is 1. The fourth-order valence-electron chi connectivity index (χ4n) is 1.37. The van der Waals surface area contributed by atoms with Crippen LogP contribution in [0.4, 0.5) is 5.82 Å². The Kier molecular flexibility index (Phi) is 3.76. The molecule has 0 unspecified atom stereocenters. The maximum Gasteiger partial charge on any atom is 0.145 e. The predicted molar refractivity (Wildman–Crippen MR) is 68.6 cm³/mol. The average Bonchev–Trinajstić information content (AvgIpc) is 2.63. The van der Waals surface area contributed by atoms with Crippen LogP contribution in [0.15, 0.2) is 30.5 Å². The van der Waals surface area contributed by atoms with Crippen molar-refractivity contribution in [3.8, 4) is 5.75 Å². The minimum atomic E-state index is 0.470. The lowest BCUT2D eigenvalue weighted by Crippen LogP contribution is -2.08. The van der Waals surface area contributed by atoms with Crippen molar-refractivity contribution in [3.63, 3.8) is 0 Å². The number of halogens is 2.